The van der Waals surface area contributed by atoms with Crippen molar-refractivity contribution >= 4 is 40.3 Å². The standard InChI is InChI=1S/C28H26FN7O3/c1-3-24(38)34-14-4-5-21(16-34)36-22-11-13-32-27(30)25(22)26(33-36)18-6-8-19(9-7-18)28(39)35(17(2)37)23-15-20(29)10-12-31-23/h3,6-13,15,21H,1,4-5,14,16H2,2H3,(H2,30,32)/t21-/m1/s1. The van der Waals surface area contributed by atoms with Crippen LogP contribution in [0.1, 0.15) is 36.2 Å². The smallest absolute Gasteiger partial charge is 0.266 e. The average Bonchev–Trinajstić information content (AvgIpc) is 3.34. The van der Waals surface area contributed by atoms with Crippen molar-refractivity contribution in [2.45, 2.75) is 25.8 Å². The summed E-state index contributed by atoms with van der Waals surface area (Å²) in [6.45, 7) is 5.96. The third-order valence-corrected chi connectivity index (χ3v) is 6.74. The van der Waals surface area contributed by atoms with E-state index in [1.165, 1.54) is 19.2 Å². The number of halogens is 1. The Morgan fingerprint density at radius 2 is 1.87 bits per heavy atom. The van der Waals surface area contributed by atoms with Crippen LogP contribution in [0.3, 0.4) is 0 Å². The largest absolute Gasteiger partial charge is 0.383 e. The Morgan fingerprint density at radius 1 is 1.13 bits per heavy atom. The first-order valence-corrected chi connectivity index (χ1v) is 12.4. The molecule has 0 aliphatic carbocycles. The number of amides is 3. The van der Waals surface area contributed by atoms with Crippen molar-refractivity contribution in [3.63, 3.8) is 0 Å². The van der Waals surface area contributed by atoms with E-state index in [0.29, 0.717) is 35.6 Å². The highest BCUT2D eigenvalue weighted by atomic mass is 19.1. The first-order valence-electron chi connectivity index (χ1n) is 12.4. The molecule has 0 unspecified atom stereocenters. The molecule has 5 rings (SSSR count). The van der Waals surface area contributed by atoms with E-state index in [1.807, 2.05) is 10.7 Å². The Hall–Kier alpha value is -4.93. The minimum Gasteiger partial charge on any atom is -0.383 e. The van der Waals surface area contributed by atoms with Crippen LogP contribution < -0.4 is 10.6 Å². The van der Waals surface area contributed by atoms with E-state index in [-0.39, 0.29) is 23.3 Å². The lowest BCUT2D eigenvalue weighted by molar-refractivity contribution is -0.127. The summed E-state index contributed by atoms with van der Waals surface area (Å²) in [6.07, 6.45) is 5.79. The molecule has 1 fully saturated rings. The Labute approximate surface area is 223 Å². The molecule has 198 valence electrons. The van der Waals surface area contributed by atoms with Gasteiger partial charge in [0.2, 0.25) is 11.8 Å². The molecule has 4 heterocycles. The van der Waals surface area contributed by atoms with Gasteiger partial charge in [0.25, 0.3) is 5.91 Å². The number of piperidine rings is 1. The quantitative estimate of drug-likeness (QED) is 0.392. The Bertz CT molecular complexity index is 1600. The zero-order valence-electron chi connectivity index (χ0n) is 21.2. The molecule has 1 aromatic carbocycles. The minimum atomic E-state index is -0.641. The van der Waals surface area contributed by atoms with Crippen molar-refractivity contribution in [3.05, 3.63) is 78.9 Å². The van der Waals surface area contributed by atoms with E-state index in [1.54, 1.807) is 35.4 Å². The lowest BCUT2D eigenvalue weighted by Gasteiger charge is -2.32. The molecule has 0 saturated carbocycles. The summed E-state index contributed by atoms with van der Waals surface area (Å²) in [7, 11) is 0. The lowest BCUT2D eigenvalue weighted by Crippen LogP contribution is -2.40. The first-order chi connectivity index (χ1) is 18.8. The number of benzene rings is 1. The molecule has 1 saturated heterocycles. The maximum atomic E-state index is 13.7. The molecule has 11 heteroatoms. The van der Waals surface area contributed by atoms with Gasteiger partial charge in [-0.25, -0.2) is 19.3 Å². The van der Waals surface area contributed by atoms with E-state index >= 15 is 0 Å². The van der Waals surface area contributed by atoms with Crippen LogP contribution in [-0.2, 0) is 9.59 Å². The number of carbonyl (C=O) groups excluding carboxylic acids is 3. The van der Waals surface area contributed by atoms with Crippen molar-refractivity contribution in [2.24, 2.45) is 0 Å². The number of nitrogen functional groups attached to an aromatic ring is 1. The fourth-order valence-corrected chi connectivity index (χ4v) is 4.90. The number of nitrogens with zero attached hydrogens (tertiary/aromatic N) is 6. The predicted molar refractivity (Wildman–Crippen MR) is 144 cm³/mol. The molecule has 0 bridgehead atoms. The number of imide groups is 1. The number of likely N-dealkylation sites (tertiary alicyclic amines) is 1. The number of nitrogens with two attached hydrogens (primary N) is 1. The van der Waals surface area contributed by atoms with Gasteiger partial charge >= 0.3 is 0 Å². The fraction of sp³-hybridized carbons (Fsp3) is 0.214. The molecule has 1 aliphatic rings. The van der Waals surface area contributed by atoms with Gasteiger partial charge in [-0.1, -0.05) is 18.7 Å². The summed E-state index contributed by atoms with van der Waals surface area (Å²) in [6, 6.07) is 10.5. The van der Waals surface area contributed by atoms with Gasteiger partial charge in [0.15, 0.2) is 0 Å². The number of rotatable bonds is 5. The van der Waals surface area contributed by atoms with Crippen LogP contribution in [0.5, 0.6) is 0 Å². The average molecular weight is 528 g/mol. The first kappa shape index (κ1) is 25.7. The van der Waals surface area contributed by atoms with Gasteiger partial charge in [0, 0.05) is 49.6 Å². The predicted octanol–water partition coefficient (Wildman–Crippen LogP) is 3.76. The van der Waals surface area contributed by atoms with Gasteiger partial charge in [-0.05, 0) is 43.2 Å². The van der Waals surface area contributed by atoms with Gasteiger partial charge in [0.1, 0.15) is 23.1 Å². The lowest BCUT2D eigenvalue weighted by atomic mass is 10.0. The number of carbonyl (C=O) groups is 3. The molecule has 1 atom stereocenters. The highest BCUT2D eigenvalue weighted by Gasteiger charge is 2.28. The molecule has 2 N–H and O–H groups in total. The van der Waals surface area contributed by atoms with Gasteiger partial charge in [-0.15, -0.1) is 0 Å². The van der Waals surface area contributed by atoms with Crippen molar-refractivity contribution < 1.29 is 18.8 Å². The van der Waals surface area contributed by atoms with Crippen LogP contribution in [0.15, 0.2) is 67.5 Å². The van der Waals surface area contributed by atoms with Crippen LogP contribution in [0.25, 0.3) is 22.2 Å². The molecule has 0 spiro atoms. The maximum Gasteiger partial charge on any atom is 0.266 e. The number of fused-ring (bicyclic) bond motifs is 1. The van der Waals surface area contributed by atoms with Gasteiger partial charge < -0.3 is 10.6 Å². The summed E-state index contributed by atoms with van der Waals surface area (Å²) in [5.74, 6) is -1.76. The summed E-state index contributed by atoms with van der Waals surface area (Å²) in [5.41, 5.74) is 8.54. The topological polar surface area (TPSA) is 127 Å². The van der Waals surface area contributed by atoms with E-state index in [9.17, 15) is 18.8 Å². The highest BCUT2D eigenvalue weighted by molar-refractivity contribution is 6.20. The summed E-state index contributed by atoms with van der Waals surface area (Å²) in [4.78, 5) is 48.5. The highest BCUT2D eigenvalue weighted by Crippen LogP contribution is 2.35. The number of hydrogen-bond donors (Lipinski definition) is 1. The van der Waals surface area contributed by atoms with Crippen LogP contribution in [0.2, 0.25) is 0 Å². The summed E-state index contributed by atoms with van der Waals surface area (Å²) < 4.78 is 15.6. The normalized spacial score (nSPS) is 15.2. The second kappa shape index (κ2) is 10.4. The minimum absolute atomic E-state index is 0.0653. The van der Waals surface area contributed by atoms with E-state index in [4.69, 9.17) is 10.8 Å². The molecule has 39 heavy (non-hydrogen) atoms. The van der Waals surface area contributed by atoms with E-state index in [0.717, 1.165) is 35.4 Å². The molecule has 3 amide bonds. The molecule has 10 nitrogen and oxygen atoms in total. The van der Waals surface area contributed by atoms with E-state index < -0.39 is 17.6 Å². The number of anilines is 2. The third-order valence-electron chi connectivity index (χ3n) is 6.74. The second-order valence-electron chi connectivity index (χ2n) is 9.24. The van der Waals surface area contributed by atoms with Crippen LogP contribution in [0, 0.1) is 5.82 Å². The molecule has 0 radical (unpaired) electrons. The number of aromatic nitrogens is 4. The molecular formula is C28H26FN7O3. The maximum absolute atomic E-state index is 13.7. The monoisotopic (exact) mass is 527 g/mol. The summed E-state index contributed by atoms with van der Waals surface area (Å²) >= 11 is 0. The van der Waals surface area contributed by atoms with Crippen molar-refractivity contribution in [3.8, 4) is 11.3 Å². The fourth-order valence-electron chi connectivity index (χ4n) is 4.90. The molecule has 4 aromatic rings. The number of pyridine rings is 2. The Balaban J connectivity index is 1.50. The number of hydrogen-bond acceptors (Lipinski definition) is 7. The molecular weight excluding hydrogens is 501 g/mol. The van der Waals surface area contributed by atoms with Crippen molar-refractivity contribution in [1.29, 1.82) is 0 Å². The molecule has 3 aromatic heterocycles. The zero-order valence-corrected chi connectivity index (χ0v) is 21.2. The second-order valence-corrected chi connectivity index (χ2v) is 9.24. The zero-order chi connectivity index (χ0) is 27.7. The Kier molecular flexibility index (Phi) is 6.88. The van der Waals surface area contributed by atoms with Crippen LogP contribution >= 0.6 is 0 Å². The van der Waals surface area contributed by atoms with Crippen molar-refractivity contribution in [2.75, 3.05) is 23.7 Å². The van der Waals surface area contributed by atoms with Crippen molar-refractivity contribution in [1.82, 2.24) is 24.6 Å². The summed E-state index contributed by atoms with van der Waals surface area (Å²) in [5, 5.41) is 5.56. The third kappa shape index (κ3) is 4.86. The van der Waals surface area contributed by atoms with Crippen LogP contribution in [-0.4, -0.2) is 55.5 Å². The van der Waals surface area contributed by atoms with Gasteiger partial charge in [0.05, 0.1) is 16.9 Å². The Morgan fingerprint density at radius 3 is 2.56 bits per heavy atom. The van der Waals surface area contributed by atoms with Crippen LogP contribution in [0.4, 0.5) is 16.0 Å². The van der Waals surface area contributed by atoms with E-state index in [2.05, 4.69) is 16.5 Å². The molecule has 1 aliphatic heterocycles. The van der Waals surface area contributed by atoms with Gasteiger partial charge in [-0.3, -0.25) is 19.1 Å². The van der Waals surface area contributed by atoms with Gasteiger partial charge in [-0.2, -0.15) is 5.10 Å². The SMILES string of the molecule is C=CC(=O)N1CCC[C@@H](n2nc(-c3ccc(C(=O)N(C(C)=O)c4cc(F)ccn4)cc3)c3c(N)nccc32)C1.